The number of fused-ring (bicyclic) bond motifs is 4. The Bertz CT molecular complexity index is 1990. The van der Waals surface area contributed by atoms with Crippen molar-refractivity contribution in [2.45, 2.75) is 37.7 Å². The van der Waals surface area contributed by atoms with Crippen LogP contribution in [0.4, 0.5) is 8.78 Å². The van der Waals surface area contributed by atoms with E-state index in [2.05, 4.69) is 5.16 Å². The fraction of sp³-hybridized carbons (Fsp3) is 0.278. The molecule has 3 aliphatic carbocycles. The number of aliphatic hydroxyl groups is 2. The summed E-state index contributed by atoms with van der Waals surface area (Å²) < 4.78 is 48.2. The zero-order chi connectivity index (χ0) is 33.9. The third-order valence-corrected chi connectivity index (χ3v) is 9.52. The Kier molecular flexibility index (Phi) is 7.72. The number of hydrogen-bond acceptors (Lipinski definition) is 10. The Labute approximate surface area is 273 Å². The minimum absolute atomic E-state index is 0.0267. The molecule has 0 saturated heterocycles. The third kappa shape index (κ3) is 4.66. The summed E-state index contributed by atoms with van der Waals surface area (Å²) in [6, 6.07) is 16.9. The molecular weight excluding hydrogens is 626 g/mol. The number of rotatable bonds is 8. The molecule has 0 saturated carbocycles. The lowest BCUT2D eigenvalue weighted by molar-refractivity contribution is -0.0560. The maximum absolute atomic E-state index is 15.6. The van der Waals surface area contributed by atoms with Crippen molar-refractivity contribution >= 4 is 17.9 Å². The monoisotopic (exact) mass is 656 g/mol. The average molecular weight is 657 g/mol. The quantitative estimate of drug-likeness (QED) is 0.239. The largest absolute Gasteiger partial charge is 0.508 e. The molecule has 3 aliphatic rings. The van der Waals surface area contributed by atoms with Crippen LogP contribution < -0.4 is 9.47 Å². The van der Waals surface area contributed by atoms with E-state index < -0.39 is 69.3 Å². The fourth-order valence-electron chi connectivity index (χ4n) is 7.30. The number of halogens is 2. The molecule has 2 N–H and O–H groups in total. The van der Waals surface area contributed by atoms with Gasteiger partial charge in [0.1, 0.15) is 30.3 Å². The number of carbonyl (C=O) groups excluding carboxylic acids is 3. The minimum atomic E-state index is -2.63. The van der Waals surface area contributed by atoms with E-state index in [9.17, 15) is 24.6 Å². The highest BCUT2D eigenvalue weighted by Gasteiger charge is 2.64. The molecule has 4 atom stereocenters. The number of allylic oxidation sites excluding steroid dienone is 1. The van der Waals surface area contributed by atoms with Gasteiger partial charge < -0.3 is 24.2 Å². The number of ether oxygens (including phenoxy) is 2. The van der Waals surface area contributed by atoms with E-state index in [-0.39, 0.29) is 60.7 Å². The number of aldehydes is 1. The van der Waals surface area contributed by atoms with Crippen LogP contribution in [-0.4, -0.2) is 57.8 Å². The summed E-state index contributed by atoms with van der Waals surface area (Å²) in [5.41, 5.74) is -3.31. The van der Waals surface area contributed by atoms with Gasteiger partial charge in [-0.2, -0.15) is 0 Å². The van der Waals surface area contributed by atoms with Gasteiger partial charge in [-0.3, -0.25) is 19.3 Å². The van der Waals surface area contributed by atoms with Gasteiger partial charge in [-0.05, 0) is 49.1 Å². The van der Waals surface area contributed by atoms with E-state index in [0.717, 1.165) is 5.56 Å². The van der Waals surface area contributed by atoms with Crippen LogP contribution in [0.3, 0.4) is 0 Å². The molecule has 0 amide bonds. The first-order chi connectivity index (χ1) is 23.1. The Balaban J connectivity index is 1.34. The van der Waals surface area contributed by atoms with E-state index in [1.54, 1.807) is 49.3 Å². The van der Waals surface area contributed by atoms with Crippen LogP contribution in [0.25, 0.3) is 0 Å². The van der Waals surface area contributed by atoms with Gasteiger partial charge in [0.15, 0.2) is 35.1 Å². The number of benzene rings is 3. The van der Waals surface area contributed by atoms with Crippen LogP contribution in [-0.2, 0) is 19.6 Å². The van der Waals surface area contributed by atoms with E-state index in [1.807, 2.05) is 30.3 Å². The highest BCUT2D eigenvalue weighted by molar-refractivity contribution is 6.16. The average Bonchev–Trinajstić information content (AvgIpc) is 3.50. The molecule has 10 nitrogen and oxygen atoms in total. The van der Waals surface area contributed by atoms with Gasteiger partial charge in [-0.25, -0.2) is 8.78 Å². The number of hydrogen-bond donors (Lipinski definition) is 2. The summed E-state index contributed by atoms with van der Waals surface area (Å²) in [6.07, 6.45) is -0.305. The Morgan fingerprint density at radius 1 is 0.979 bits per heavy atom. The summed E-state index contributed by atoms with van der Waals surface area (Å²) in [4.78, 5) is 42.3. The highest BCUT2D eigenvalue weighted by atomic mass is 19.2. The highest BCUT2D eigenvalue weighted by Crippen LogP contribution is 2.56. The molecule has 0 radical (unpaired) electrons. The number of Topliss-reactive ketones (excluding diaryl/α,β-unsaturated/α-hetero) is 2. The molecule has 0 fully saturated rings. The van der Waals surface area contributed by atoms with Crippen LogP contribution in [0, 0.1) is 23.5 Å². The van der Waals surface area contributed by atoms with Crippen molar-refractivity contribution < 1.29 is 47.4 Å². The standard InChI is InChI=1S/C36H30F2N2O8/c1-40(2)29-23-14-20-13-21-25(31(22(15-41)28(38)27(21)37)46-16-18-9-5-3-6-10-18)30(42)24(20)33(43)36(23,45)34(44)26-32(29)48-39-35(26)47-17-19-11-7-4-8-12-19/h3-12,15,20,23,29,43,45H,13-14,16-17H2,1-2H3/t20-,23-,29-,36-/m0/s1. The lowest BCUT2D eigenvalue weighted by Gasteiger charge is -2.49. The van der Waals surface area contributed by atoms with Crippen LogP contribution in [0.1, 0.15) is 66.0 Å². The van der Waals surface area contributed by atoms with Crippen LogP contribution >= 0.6 is 0 Å². The molecule has 0 spiro atoms. The number of carbonyl (C=O) groups is 3. The predicted octanol–water partition coefficient (Wildman–Crippen LogP) is 5.34. The lowest BCUT2D eigenvalue weighted by Crippen LogP contribution is -2.59. The van der Waals surface area contributed by atoms with Crippen molar-refractivity contribution in [2.75, 3.05) is 14.1 Å². The summed E-state index contributed by atoms with van der Waals surface area (Å²) in [6.45, 7) is -0.156. The van der Waals surface area contributed by atoms with Gasteiger partial charge in [0.2, 0.25) is 5.78 Å². The second-order valence-electron chi connectivity index (χ2n) is 12.5. The first-order valence-corrected chi connectivity index (χ1v) is 15.3. The third-order valence-electron chi connectivity index (χ3n) is 9.52. The fourth-order valence-corrected chi connectivity index (χ4v) is 7.30. The van der Waals surface area contributed by atoms with Crippen LogP contribution in [0.15, 0.2) is 76.5 Å². The predicted molar refractivity (Wildman–Crippen MR) is 165 cm³/mol. The smallest absolute Gasteiger partial charge is 0.265 e. The molecule has 4 aromatic rings. The summed E-state index contributed by atoms with van der Waals surface area (Å²) in [5, 5.41) is 28.1. The molecule has 1 aromatic heterocycles. The van der Waals surface area contributed by atoms with Gasteiger partial charge in [0, 0.05) is 17.1 Å². The zero-order valence-corrected chi connectivity index (χ0v) is 25.9. The number of ketones is 2. The van der Waals surface area contributed by atoms with E-state index >= 15 is 8.78 Å². The SMILES string of the molecule is CN(C)[C@@H]1c2onc(OCc3ccccc3)c2C(=O)[C@@]2(O)C(O)=C3C(=O)c4c(c(F)c(F)c(C=O)c4OCc4ccccc4)C[C@H]3C[C@@H]12. The molecule has 0 unspecified atom stereocenters. The minimum Gasteiger partial charge on any atom is -0.508 e. The first kappa shape index (κ1) is 31.4. The molecule has 1 heterocycles. The number of aliphatic hydroxyl groups excluding tert-OH is 1. The Morgan fingerprint density at radius 3 is 2.21 bits per heavy atom. The van der Waals surface area contributed by atoms with Crippen molar-refractivity contribution in [2.24, 2.45) is 11.8 Å². The Morgan fingerprint density at radius 2 is 1.60 bits per heavy atom. The molecule has 0 bridgehead atoms. The van der Waals surface area contributed by atoms with Crippen molar-refractivity contribution in [3.63, 3.8) is 0 Å². The molecular formula is C36H30F2N2O8. The van der Waals surface area contributed by atoms with Crippen LogP contribution in [0.2, 0.25) is 0 Å². The van der Waals surface area contributed by atoms with E-state index in [1.165, 1.54) is 0 Å². The van der Waals surface area contributed by atoms with Crippen LogP contribution in [0.5, 0.6) is 11.6 Å². The van der Waals surface area contributed by atoms with Gasteiger partial charge in [0.05, 0.1) is 17.2 Å². The molecule has 12 heteroatoms. The van der Waals surface area contributed by atoms with Crippen molar-refractivity contribution in [3.8, 4) is 11.6 Å². The molecule has 7 rings (SSSR count). The molecule has 246 valence electrons. The number of aromatic nitrogens is 1. The summed E-state index contributed by atoms with van der Waals surface area (Å²) in [5.74, 6) is -8.31. The summed E-state index contributed by atoms with van der Waals surface area (Å²) in [7, 11) is 3.36. The van der Waals surface area contributed by atoms with Gasteiger partial charge in [0.25, 0.3) is 5.88 Å². The van der Waals surface area contributed by atoms with E-state index in [4.69, 9.17) is 14.0 Å². The molecule has 0 aliphatic heterocycles. The van der Waals surface area contributed by atoms with Crippen molar-refractivity contribution in [1.29, 1.82) is 0 Å². The van der Waals surface area contributed by atoms with Crippen molar-refractivity contribution in [3.05, 3.63) is 123 Å². The van der Waals surface area contributed by atoms with Crippen molar-refractivity contribution in [1.82, 2.24) is 10.1 Å². The maximum Gasteiger partial charge on any atom is 0.265 e. The molecule has 3 aromatic carbocycles. The zero-order valence-electron chi connectivity index (χ0n) is 25.9. The number of nitrogens with zero attached hydrogens (tertiary/aromatic N) is 2. The second-order valence-corrected chi connectivity index (χ2v) is 12.5. The van der Waals surface area contributed by atoms with Gasteiger partial charge in [-0.15, -0.1) is 0 Å². The van der Waals surface area contributed by atoms with Gasteiger partial charge >= 0.3 is 0 Å². The summed E-state index contributed by atoms with van der Waals surface area (Å²) >= 11 is 0. The topological polar surface area (TPSA) is 139 Å². The molecule has 48 heavy (non-hydrogen) atoms. The first-order valence-electron chi connectivity index (χ1n) is 15.3. The normalized spacial score (nSPS) is 22.9. The maximum atomic E-state index is 15.6. The van der Waals surface area contributed by atoms with Gasteiger partial charge in [-0.1, -0.05) is 60.7 Å². The second kappa shape index (κ2) is 11.8. The van der Waals surface area contributed by atoms with E-state index in [0.29, 0.717) is 5.56 Å². The Hall–Kier alpha value is -5.20. The lowest BCUT2D eigenvalue weighted by atomic mass is 9.58.